The number of hydrogen-bond donors (Lipinski definition) is 3. The van der Waals surface area contributed by atoms with E-state index in [4.69, 9.17) is 4.74 Å². The van der Waals surface area contributed by atoms with E-state index in [2.05, 4.69) is 5.32 Å². The molecule has 0 heterocycles. The Morgan fingerprint density at radius 3 is 2.46 bits per heavy atom. The van der Waals surface area contributed by atoms with Crippen LogP contribution in [0.2, 0.25) is 0 Å². The minimum absolute atomic E-state index is 0.0441. The largest absolute Gasteiger partial charge is 0.496 e. The fraction of sp³-hybridized carbons (Fsp3) is 0.316. The van der Waals surface area contributed by atoms with Crippen molar-refractivity contribution in [3.05, 3.63) is 59.2 Å². The lowest BCUT2D eigenvalue weighted by Crippen LogP contribution is -2.16. The van der Waals surface area contributed by atoms with Gasteiger partial charge >= 0.3 is 0 Å². The molecule has 2 aromatic rings. The number of hydrogen-bond acceptors (Lipinski definition) is 4. The molecule has 0 aliphatic rings. The van der Waals surface area contributed by atoms with Crippen molar-refractivity contribution in [1.29, 1.82) is 0 Å². The summed E-state index contributed by atoms with van der Waals surface area (Å²) in [5, 5.41) is 21.9. The Labute approximate surface area is 141 Å². The topological polar surface area (TPSA) is 78.8 Å². The van der Waals surface area contributed by atoms with Crippen LogP contribution in [0, 0.1) is 0 Å². The van der Waals surface area contributed by atoms with E-state index < -0.39 is 0 Å². The third-order valence-corrected chi connectivity index (χ3v) is 3.95. The second-order valence-electron chi connectivity index (χ2n) is 5.58. The van der Waals surface area contributed by atoms with E-state index in [1.165, 1.54) is 0 Å². The number of ether oxygens (including phenoxy) is 1. The maximum Gasteiger partial charge on any atom is 0.255 e. The van der Waals surface area contributed by atoms with Crippen molar-refractivity contribution in [2.24, 2.45) is 0 Å². The van der Waals surface area contributed by atoms with Crippen molar-refractivity contribution >= 4 is 11.6 Å². The molecule has 0 aliphatic carbocycles. The van der Waals surface area contributed by atoms with Gasteiger partial charge in [0, 0.05) is 35.9 Å². The van der Waals surface area contributed by atoms with Crippen LogP contribution >= 0.6 is 0 Å². The summed E-state index contributed by atoms with van der Waals surface area (Å²) in [6.07, 6.45) is 0.387. The van der Waals surface area contributed by atoms with E-state index in [0.717, 1.165) is 11.1 Å². The van der Waals surface area contributed by atoms with Gasteiger partial charge in [0.15, 0.2) is 0 Å². The van der Waals surface area contributed by atoms with Crippen LogP contribution in [-0.2, 0) is 6.42 Å². The number of nitrogens with one attached hydrogen (secondary N) is 1. The van der Waals surface area contributed by atoms with E-state index in [1.54, 1.807) is 43.5 Å². The van der Waals surface area contributed by atoms with Crippen molar-refractivity contribution in [2.75, 3.05) is 25.6 Å². The summed E-state index contributed by atoms with van der Waals surface area (Å²) in [7, 11) is 1.56. The van der Waals surface area contributed by atoms with Gasteiger partial charge in [0.25, 0.3) is 5.91 Å². The molecule has 0 radical (unpaired) electrons. The third kappa shape index (κ3) is 3.93. The lowest BCUT2D eigenvalue weighted by Gasteiger charge is -2.22. The Balaban J connectivity index is 2.45. The summed E-state index contributed by atoms with van der Waals surface area (Å²) in [4.78, 5) is 12.4. The second-order valence-corrected chi connectivity index (χ2v) is 5.58. The Morgan fingerprint density at radius 2 is 1.88 bits per heavy atom. The summed E-state index contributed by atoms with van der Waals surface area (Å²) in [5.41, 5.74) is 2.76. The molecule has 0 saturated heterocycles. The highest BCUT2D eigenvalue weighted by Gasteiger charge is 2.20. The van der Waals surface area contributed by atoms with Crippen LogP contribution in [0.25, 0.3) is 0 Å². The average Bonchev–Trinajstić information content (AvgIpc) is 2.62. The van der Waals surface area contributed by atoms with Crippen LogP contribution in [0.1, 0.15) is 34.3 Å². The summed E-state index contributed by atoms with van der Waals surface area (Å²) in [6.45, 7) is 1.76. The van der Waals surface area contributed by atoms with Crippen LogP contribution in [-0.4, -0.2) is 36.4 Å². The molecular formula is C19H23NO4. The van der Waals surface area contributed by atoms with Gasteiger partial charge < -0.3 is 20.3 Å². The molecule has 1 unspecified atom stereocenters. The van der Waals surface area contributed by atoms with Gasteiger partial charge in [0.2, 0.25) is 0 Å². The van der Waals surface area contributed by atoms with Crippen molar-refractivity contribution in [3.63, 3.8) is 0 Å². The Kier molecular flexibility index (Phi) is 6.35. The molecule has 0 aromatic heterocycles. The zero-order valence-electron chi connectivity index (χ0n) is 14.0. The lowest BCUT2D eigenvalue weighted by molar-refractivity contribution is 0.102. The van der Waals surface area contributed by atoms with E-state index in [0.29, 0.717) is 23.4 Å². The third-order valence-electron chi connectivity index (χ3n) is 3.95. The molecule has 24 heavy (non-hydrogen) atoms. The molecule has 1 atom stereocenters. The van der Waals surface area contributed by atoms with Crippen LogP contribution in [0.4, 0.5) is 5.69 Å². The first-order valence-electron chi connectivity index (χ1n) is 7.90. The predicted molar refractivity (Wildman–Crippen MR) is 93.7 cm³/mol. The Hall–Kier alpha value is -2.37. The minimum Gasteiger partial charge on any atom is -0.496 e. The molecule has 2 aromatic carbocycles. The number of amides is 1. The van der Waals surface area contributed by atoms with Crippen molar-refractivity contribution in [1.82, 2.24) is 0 Å². The summed E-state index contributed by atoms with van der Waals surface area (Å²) >= 11 is 0. The van der Waals surface area contributed by atoms with E-state index in [9.17, 15) is 15.0 Å². The molecule has 0 fully saturated rings. The molecule has 5 heteroatoms. The van der Waals surface area contributed by atoms with Crippen molar-refractivity contribution in [3.8, 4) is 5.75 Å². The van der Waals surface area contributed by atoms with E-state index in [1.807, 2.05) is 13.0 Å². The highest BCUT2D eigenvalue weighted by atomic mass is 16.5. The number of carbonyl (C=O) groups excluding carboxylic acids is 1. The maximum absolute atomic E-state index is 12.4. The number of aliphatic hydroxyl groups is 2. The molecule has 1 amide bonds. The second kappa shape index (κ2) is 8.47. The number of rotatable bonds is 7. The quantitative estimate of drug-likeness (QED) is 0.729. The molecular weight excluding hydrogens is 306 g/mol. The molecule has 3 N–H and O–H groups in total. The van der Waals surface area contributed by atoms with Crippen LogP contribution in [0.15, 0.2) is 42.5 Å². The molecule has 0 bridgehead atoms. The van der Waals surface area contributed by atoms with Gasteiger partial charge in [-0.2, -0.15) is 0 Å². The molecule has 5 nitrogen and oxygen atoms in total. The lowest BCUT2D eigenvalue weighted by atomic mass is 9.91. The maximum atomic E-state index is 12.4. The molecule has 0 spiro atoms. The highest BCUT2D eigenvalue weighted by Crippen LogP contribution is 2.35. The first-order chi connectivity index (χ1) is 11.6. The van der Waals surface area contributed by atoms with Gasteiger partial charge in [-0.25, -0.2) is 0 Å². The monoisotopic (exact) mass is 329 g/mol. The van der Waals surface area contributed by atoms with Crippen molar-refractivity contribution < 1.29 is 19.7 Å². The number of aliphatic hydroxyl groups excluding tert-OH is 2. The average molecular weight is 329 g/mol. The van der Waals surface area contributed by atoms with Gasteiger partial charge in [-0.1, -0.05) is 25.1 Å². The molecule has 0 saturated carbocycles. The zero-order chi connectivity index (χ0) is 17.5. The molecule has 128 valence electrons. The first-order valence-corrected chi connectivity index (χ1v) is 7.90. The molecule has 2 rings (SSSR count). The first kappa shape index (κ1) is 18.0. The smallest absolute Gasteiger partial charge is 0.255 e. The fourth-order valence-electron chi connectivity index (χ4n) is 2.75. The van der Waals surface area contributed by atoms with Gasteiger partial charge in [0.1, 0.15) is 5.75 Å². The number of methoxy groups -OCH3 is 1. The van der Waals surface area contributed by atoms with Gasteiger partial charge in [-0.3, -0.25) is 4.79 Å². The fourth-order valence-corrected chi connectivity index (χ4v) is 2.75. The number of benzene rings is 2. The van der Waals surface area contributed by atoms with Gasteiger partial charge in [-0.15, -0.1) is 0 Å². The number of carbonyl (C=O) groups is 1. The van der Waals surface area contributed by atoms with Gasteiger partial charge in [-0.05, 0) is 36.2 Å². The highest BCUT2D eigenvalue weighted by molar-refractivity contribution is 6.04. The van der Waals surface area contributed by atoms with Crippen LogP contribution in [0.5, 0.6) is 5.75 Å². The Morgan fingerprint density at radius 1 is 1.17 bits per heavy atom. The zero-order valence-corrected chi connectivity index (χ0v) is 14.0. The minimum atomic E-state index is -0.220. The summed E-state index contributed by atoms with van der Waals surface area (Å²) < 4.78 is 5.37. The summed E-state index contributed by atoms with van der Waals surface area (Å²) in [5.74, 6) is 0.215. The van der Waals surface area contributed by atoms with Crippen LogP contribution < -0.4 is 10.1 Å². The van der Waals surface area contributed by atoms with Crippen molar-refractivity contribution in [2.45, 2.75) is 19.3 Å². The standard InChI is InChI=1S/C19H23NO4/c1-13(12-22)18-15(10-11-21)17(24-2)9-8-16(18)20-19(23)14-6-4-3-5-7-14/h3-9,13,21-22H,10-12H2,1-2H3,(H,20,23). The predicted octanol–water partition coefficient (Wildman–Crippen LogP) is 2.58. The number of anilines is 1. The Bertz CT molecular complexity index is 685. The van der Waals surface area contributed by atoms with Gasteiger partial charge in [0.05, 0.1) is 7.11 Å². The summed E-state index contributed by atoms with van der Waals surface area (Å²) in [6, 6.07) is 12.5. The van der Waals surface area contributed by atoms with E-state index in [-0.39, 0.29) is 25.0 Å². The molecule has 0 aliphatic heterocycles. The van der Waals surface area contributed by atoms with E-state index >= 15 is 0 Å². The van der Waals surface area contributed by atoms with Crippen LogP contribution in [0.3, 0.4) is 0 Å². The SMILES string of the molecule is COc1ccc(NC(=O)c2ccccc2)c(C(C)CO)c1CCO. The normalized spacial score (nSPS) is 11.8.